The van der Waals surface area contributed by atoms with Gasteiger partial charge in [-0.2, -0.15) is 0 Å². The third-order valence-corrected chi connectivity index (χ3v) is 4.45. The second-order valence-electron chi connectivity index (χ2n) is 6.02. The lowest BCUT2D eigenvalue weighted by Crippen LogP contribution is -2.40. The molecule has 3 rings (SSSR count). The summed E-state index contributed by atoms with van der Waals surface area (Å²) >= 11 is 0. The highest BCUT2D eigenvalue weighted by atomic mass is 35.5. The van der Waals surface area contributed by atoms with Gasteiger partial charge in [0, 0.05) is 26.2 Å². The van der Waals surface area contributed by atoms with Crippen LogP contribution in [-0.4, -0.2) is 49.7 Å². The highest BCUT2D eigenvalue weighted by Gasteiger charge is 2.21. The summed E-state index contributed by atoms with van der Waals surface area (Å²) in [6, 6.07) is 8.37. The number of morpholine rings is 1. The van der Waals surface area contributed by atoms with E-state index in [0.717, 1.165) is 52.2 Å². The lowest BCUT2D eigenvalue weighted by molar-refractivity contribution is -0.122. The van der Waals surface area contributed by atoms with Crippen molar-refractivity contribution in [2.24, 2.45) is 0 Å². The van der Waals surface area contributed by atoms with Crippen molar-refractivity contribution in [3.8, 4) is 0 Å². The van der Waals surface area contributed by atoms with Gasteiger partial charge in [0.05, 0.1) is 19.3 Å². The molecule has 2 saturated heterocycles. The number of hydrogen-bond donors (Lipinski definition) is 2. The Hall–Kier alpha value is -0.850. The first-order valence-electron chi connectivity index (χ1n) is 8.21. The number of benzene rings is 1. The van der Waals surface area contributed by atoms with Crippen LogP contribution in [0.1, 0.15) is 24.0 Å². The van der Waals surface area contributed by atoms with E-state index in [1.165, 1.54) is 11.1 Å². The molecule has 2 fully saturated rings. The summed E-state index contributed by atoms with van der Waals surface area (Å²) in [7, 11) is 0. The maximum atomic E-state index is 12.1. The Labute approximate surface area is 156 Å². The molecule has 0 radical (unpaired) electrons. The fourth-order valence-electron chi connectivity index (χ4n) is 3.10. The maximum absolute atomic E-state index is 12.1. The van der Waals surface area contributed by atoms with Crippen molar-refractivity contribution >= 4 is 30.7 Å². The molecular weight excluding hydrogens is 349 g/mol. The van der Waals surface area contributed by atoms with E-state index in [9.17, 15) is 4.79 Å². The van der Waals surface area contributed by atoms with Crippen LogP contribution < -0.4 is 10.6 Å². The number of rotatable bonds is 5. The molecule has 0 saturated carbocycles. The Morgan fingerprint density at radius 1 is 1.21 bits per heavy atom. The second kappa shape index (κ2) is 10.9. The molecule has 1 atom stereocenters. The van der Waals surface area contributed by atoms with Crippen molar-refractivity contribution in [3.63, 3.8) is 0 Å². The first-order chi connectivity index (χ1) is 10.8. The predicted octanol–water partition coefficient (Wildman–Crippen LogP) is 1.73. The van der Waals surface area contributed by atoms with Crippen LogP contribution in [0.25, 0.3) is 0 Å². The monoisotopic (exact) mass is 375 g/mol. The SMILES string of the molecule is Cl.Cl.O=C(NCc1ccccc1CN1CCOCC1)[C@@H]1CCCN1. The Morgan fingerprint density at radius 2 is 1.92 bits per heavy atom. The molecule has 0 aromatic heterocycles. The van der Waals surface area contributed by atoms with Crippen LogP contribution in [-0.2, 0) is 22.6 Å². The molecule has 1 amide bonds. The Kier molecular flexibility index (Phi) is 9.63. The van der Waals surface area contributed by atoms with Gasteiger partial charge in [-0.3, -0.25) is 9.69 Å². The minimum Gasteiger partial charge on any atom is -0.379 e. The maximum Gasteiger partial charge on any atom is 0.237 e. The highest BCUT2D eigenvalue weighted by Crippen LogP contribution is 2.13. The van der Waals surface area contributed by atoms with E-state index < -0.39 is 0 Å². The fraction of sp³-hybridized carbons (Fsp3) is 0.588. The summed E-state index contributed by atoms with van der Waals surface area (Å²) in [4.78, 5) is 14.5. The molecule has 2 heterocycles. The van der Waals surface area contributed by atoms with Crippen LogP contribution in [0.3, 0.4) is 0 Å². The zero-order valence-corrected chi connectivity index (χ0v) is 15.5. The predicted molar refractivity (Wildman–Crippen MR) is 99.9 cm³/mol. The summed E-state index contributed by atoms with van der Waals surface area (Å²) in [6.07, 6.45) is 2.03. The van der Waals surface area contributed by atoms with Crippen LogP contribution >= 0.6 is 24.8 Å². The molecule has 136 valence electrons. The quantitative estimate of drug-likeness (QED) is 0.822. The number of nitrogens with one attached hydrogen (secondary N) is 2. The van der Waals surface area contributed by atoms with Crippen molar-refractivity contribution in [2.75, 3.05) is 32.8 Å². The smallest absolute Gasteiger partial charge is 0.237 e. The average molecular weight is 376 g/mol. The van der Waals surface area contributed by atoms with Crippen molar-refractivity contribution in [1.82, 2.24) is 15.5 Å². The minimum absolute atomic E-state index is 0. The van der Waals surface area contributed by atoms with Crippen LogP contribution in [0, 0.1) is 0 Å². The molecule has 24 heavy (non-hydrogen) atoms. The summed E-state index contributed by atoms with van der Waals surface area (Å²) in [5, 5.41) is 6.31. The molecule has 0 unspecified atom stereocenters. The molecule has 0 aliphatic carbocycles. The summed E-state index contributed by atoms with van der Waals surface area (Å²) < 4.78 is 5.40. The highest BCUT2D eigenvalue weighted by molar-refractivity contribution is 5.85. The van der Waals surface area contributed by atoms with E-state index in [1.807, 2.05) is 6.07 Å². The Balaban J connectivity index is 0.00000144. The van der Waals surface area contributed by atoms with Gasteiger partial charge < -0.3 is 15.4 Å². The van der Waals surface area contributed by atoms with Gasteiger partial charge in [0.15, 0.2) is 0 Å². The van der Waals surface area contributed by atoms with E-state index in [-0.39, 0.29) is 36.8 Å². The number of halogens is 2. The normalized spacial score (nSPS) is 20.8. The molecular formula is C17H27Cl2N3O2. The molecule has 1 aromatic carbocycles. The second-order valence-corrected chi connectivity index (χ2v) is 6.02. The number of nitrogens with zero attached hydrogens (tertiary/aromatic N) is 1. The number of carbonyl (C=O) groups is 1. The van der Waals surface area contributed by atoms with Gasteiger partial charge in [-0.15, -0.1) is 24.8 Å². The zero-order valence-electron chi connectivity index (χ0n) is 13.8. The van der Waals surface area contributed by atoms with Crippen LogP contribution in [0.4, 0.5) is 0 Å². The van der Waals surface area contributed by atoms with Gasteiger partial charge in [-0.25, -0.2) is 0 Å². The molecule has 2 aliphatic rings. The van der Waals surface area contributed by atoms with E-state index >= 15 is 0 Å². The number of hydrogen-bond acceptors (Lipinski definition) is 4. The Bertz CT molecular complexity index is 504. The van der Waals surface area contributed by atoms with Crippen molar-refractivity contribution in [3.05, 3.63) is 35.4 Å². The lowest BCUT2D eigenvalue weighted by Gasteiger charge is -2.27. The third kappa shape index (κ3) is 5.90. The van der Waals surface area contributed by atoms with E-state index in [1.54, 1.807) is 0 Å². The molecule has 7 heteroatoms. The van der Waals surface area contributed by atoms with Crippen molar-refractivity contribution in [2.45, 2.75) is 32.0 Å². The van der Waals surface area contributed by atoms with Gasteiger partial charge >= 0.3 is 0 Å². The van der Waals surface area contributed by atoms with Gasteiger partial charge in [0.25, 0.3) is 0 Å². The van der Waals surface area contributed by atoms with E-state index in [2.05, 4.69) is 33.7 Å². The van der Waals surface area contributed by atoms with E-state index in [4.69, 9.17) is 4.74 Å². The van der Waals surface area contributed by atoms with Gasteiger partial charge in [0.1, 0.15) is 0 Å². The largest absolute Gasteiger partial charge is 0.379 e. The Morgan fingerprint density at radius 3 is 2.58 bits per heavy atom. The van der Waals surface area contributed by atoms with Crippen LogP contribution in [0.15, 0.2) is 24.3 Å². The summed E-state index contributed by atoms with van der Waals surface area (Å²) in [6.45, 7) is 6.07. The summed E-state index contributed by atoms with van der Waals surface area (Å²) in [5.41, 5.74) is 2.50. The first kappa shape index (κ1) is 21.2. The van der Waals surface area contributed by atoms with Crippen LogP contribution in [0.5, 0.6) is 0 Å². The molecule has 5 nitrogen and oxygen atoms in total. The molecule has 1 aromatic rings. The molecule has 0 spiro atoms. The van der Waals surface area contributed by atoms with Crippen molar-refractivity contribution in [1.29, 1.82) is 0 Å². The van der Waals surface area contributed by atoms with Gasteiger partial charge in [-0.05, 0) is 30.5 Å². The zero-order chi connectivity index (χ0) is 15.2. The van der Waals surface area contributed by atoms with Crippen LogP contribution in [0.2, 0.25) is 0 Å². The lowest BCUT2D eigenvalue weighted by atomic mass is 10.1. The standard InChI is InChI=1S/C17H25N3O2.2ClH/c21-17(16-6-3-7-18-16)19-12-14-4-1-2-5-15(14)13-20-8-10-22-11-9-20;;/h1-2,4-5,16,18H,3,6-13H2,(H,19,21);2*1H/t16-;;/m0../s1. The van der Waals surface area contributed by atoms with E-state index in [0.29, 0.717) is 6.54 Å². The minimum atomic E-state index is -0.00796. The topological polar surface area (TPSA) is 53.6 Å². The number of carbonyl (C=O) groups excluding carboxylic acids is 1. The molecule has 0 bridgehead atoms. The van der Waals surface area contributed by atoms with Crippen molar-refractivity contribution < 1.29 is 9.53 Å². The third-order valence-electron chi connectivity index (χ3n) is 4.45. The number of ether oxygens (including phenoxy) is 1. The summed E-state index contributed by atoms with van der Waals surface area (Å²) in [5.74, 6) is 0.124. The molecule has 2 N–H and O–H groups in total. The molecule has 2 aliphatic heterocycles. The van der Waals surface area contributed by atoms with Gasteiger partial charge in [-0.1, -0.05) is 24.3 Å². The first-order valence-corrected chi connectivity index (χ1v) is 8.21. The average Bonchev–Trinajstić information content (AvgIpc) is 3.09. The number of amides is 1. The fourth-order valence-corrected chi connectivity index (χ4v) is 3.10. The van der Waals surface area contributed by atoms with Gasteiger partial charge in [0.2, 0.25) is 5.91 Å².